The first kappa shape index (κ1) is 26.2. The Bertz CT molecular complexity index is 2970. The van der Waals surface area contributed by atoms with Gasteiger partial charge in [-0.2, -0.15) is 0 Å². The molecule has 0 fully saturated rings. The SMILES string of the molecule is CC1(C)c2ccccc2-c2c1c(-c1ccc3ccc4c(-c5ccc6ccccc6c5)ccc5ccc1c3c54)cc1oc3ccccc3c21. The predicted octanol–water partition coefficient (Wildman–Crippen LogP) is 13.3. The van der Waals surface area contributed by atoms with Crippen molar-refractivity contribution in [2.45, 2.75) is 19.3 Å². The summed E-state index contributed by atoms with van der Waals surface area (Å²) in [6, 6.07) is 53.8. The molecule has 0 spiro atoms. The van der Waals surface area contributed by atoms with Gasteiger partial charge in [0, 0.05) is 16.2 Å². The number of hydrogen-bond acceptors (Lipinski definition) is 1. The summed E-state index contributed by atoms with van der Waals surface area (Å²) in [4.78, 5) is 0. The quantitative estimate of drug-likeness (QED) is 0.178. The second-order valence-corrected chi connectivity index (χ2v) is 14.0. The Morgan fingerprint density at radius 3 is 1.90 bits per heavy atom. The molecule has 10 aromatic rings. The van der Waals surface area contributed by atoms with Gasteiger partial charge in [0.15, 0.2) is 0 Å². The maximum atomic E-state index is 6.64. The molecule has 0 saturated carbocycles. The topological polar surface area (TPSA) is 13.1 Å². The number of para-hydroxylation sites is 1. The van der Waals surface area contributed by atoms with Crippen molar-refractivity contribution in [2.75, 3.05) is 0 Å². The van der Waals surface area contributed by atoms with Crippen LogP contribution < -0.4 is 0 Å². The summed E-state index contributed by atoms with van der Waals surface area (Å²) in [5, 5.41) is 12.7. The summed E-state index contributed by atoms with van der Waals surface area (Å²) >= 11 is 0. The Morgan fingerprint density at radius 1 is 0.417 bits per heavy atom. The van der Waals surface area contributed by atoms with E-state index in [1.807, 2.05) is 0 Å². The smallest absolute Gasteiger partial charge is 0.136 e. The lowest BCUT2D eigenvalue weighted by Crippen LogP contribution is -2.16. The first-order chi connectivity index (χ1) is 23.6. The molecule has 1 heteroatoms. The minimum Gasteiger partial charge on any atom is -0.456 e. The van der Waals surface area contributed by atoms with Crippen LogP contribution in [0.3, 0.4) is 0 Å². The maximum Gasteiger partial charge on any atom is 0.136 e. The molecule has 0 saturated heterocycles. The van der Waals surface area contributed by atoms with Gasteiger partial charge in [-0.1, -0.05) is 141 Å². The third-order valence-electron chi connectivity index (χ3n) is 11.2. The third kappa shape index (κ3) is 3.31. The van der Waals surface area contributed by atoms with Crippen molar-refractivity contribution in [3.8, 4) is 33.4 Å². The van der Waals surface area contributed by atoms with Crippen LogP contribution in [0.1, 0.15) is 25.0 Å². The van der Waals surface area contributed by atoms with Crippen molar-refractivity contribution in [1.82, 2.24) is 0 Å². The van der Waals surface area contributed by atoms with E-state index in [1.54, 1.807) is 0 Å². The zero-order valence-corrected chi connectivity index (χ0v) is 26.8. The molecule has 0 amide bonds. The van der Waals surface area contributed by atoms with Crippen LogP contribution in [0.5, 0.6) is 0 Å². The lowest BCUT2D eigenvalue weighted by atomic mass is 9.77. The van der Waals surface area contributed by atoms with E-state index in [0.29, 0.717) is 0 Å². The Hall–Kier alpha value is -5.92. The van der Waals surface area contributed by atoms with E-state index in [9.17, 15) is 0 Å². The van der Waals surface area contributed by atoms with Gasteiger partial charge in [0.25, 0.3) is 0 Å². The molecule has 0 bridgehead atoms. The third-order valence-corrected chi connectivity index (χ3v) is 11.2. The molecule has 0 aliphatic heterocycles. The van der Waals surface area contributed by atoms with E-state index in [-0.39, 0.29) is 5.41 Å². The zero-order valence-electron chi connectivity index (χ0n) is 26.8. The fourth-order valence-electron chi connectivity index (χ4n) is 9.04. The average Bonchev–Trinajstić information content (AvgIpc) is 3.62. The van der Waals surface area contributed by atoms with E-state index in [2.05, 4.69) is 159 Å². The van der Waals surface area contributed by atoms with Crippen molar-refractivity contribution < 1.29 is 4.42 Å². The predicted molar refractivity (Wildman–Crippen MR) is 203 cm³/mol. The van der Waals surface area contributed by atoms with Crippen LogP contribution in [-0.4, -0.2) is 0 Å². The van der Waals surface area contributed by atoms with E-state index in [0.717, 1.165) is 11.2 Å². The standard InChI is InChI=1S/C47H30O/c1-47(2)39-13-7-5-11-36(39)45-44-37-12-6-8-14-40(37)48-41(44)26-38(46(45)47)33-22-18-29-19-23-34-32(21-17-28-20-24-35(33)43(29)42(28)34)31-16-15-27-9-3-4-10-30(27)25-31/h3-26H,1-2H3. The number of hydrogen-bond donors (Lipinski definition) is 0. The molecule has 1 heterocycles. The summed E-state index contributed by atoms with van der Waals surface area (Å²) in [5.74, 6) is 0. The number of fused-ring (bicyclic) bond motifs is 8. The highest BCUT2D eigenvalue weighted by Gasteiger charge is 2.40. The molecule has 48 heavy (non-hydrogen) atoms. The average molecular weight is 611 g/mol. The van der Waals surface area contributed by atoms with Crippen LogP contribution in [0.15, 0.2) is 150 Å². The van der Waals surface area contributed by atoms with E-state index in [4.69, 9.17) is 4.42 Å². The summed E-state index contributed by atoms with van der Waals surface area (Å²) in [7, 11) is 0. The molecule has 224 valence electrons. The van der Waals surface area contributed by atoms with Crippen LogP contribution in [0.25, 0.3) is 98.4 Å². The number of benzene rings is 9. The van der Waals surface area contributed by atoms with Gasteiger partial charge in [0.05, 0.1) is 0 Å². The van der Waals surface area contributed by atoms with Crippen LogP contribution in [0.4, 0.5) is 0 Å². The summed E-state index contributed by atoms with van der Waals surface area (Å²) in [6.07, 6.45) is 0. The van der Waals surface area contributed by atoms with Gasteiger partial charge in [0.2, 0.25) is 0 Å². The number of furan rings is 1. The highest BCUT2D eigenvalue weighted by molar-refractivity contribution is 6.28. The maximum absolute atomic E-state index is 6.64. The zero-order chi connectivity index (χ0) is 31.7. The van der Waals surface area contributed by atoms with E-state index in [1.165, 1.54) is 98.4 Å². The van der Waals surface area contributed by atoms with Crippen molar-refractivity contribution in [3.05, 3.63) is 157 Å². The first-order valence-corrected chi connectivity index (χ1v) is 16.8. The van der Waals surface area contributed by atoms with E-state index < -0.39 is 0 Å². The summed E-state index contributed by atoms with van der Waals surface area (Å²) in [5.41, 5.74) is 12.1. The molecule has 0 atom stereocenters. The molecule has 1 aromatic heterocycles. The second-order valence-electron chi connectivity index (χ2n) is 14.0. The van der Waals surface area contributed by atoms with Gasteiger partial charge in [-0.05, 0) is 106 Å². The van der Waals surface area contributed by atoms with Crippen molar-refractivity contribution >= 4 is 65.0 Å². The molecule has 1 aliphatic carbocycles. The minimum absolute atomic E-state index is 0.180. The van der Waals surface area contributed by atoms with Crippen LogP contribution in [0, 0.1) is 0 Å². The largest absolute Gasteiger partial charge is 0.456 e. The molecular weight excluding hydrogens is 581 g/mol. The van der Waals surface area contributed by atoms with Crippen molar-refractivity contribution in [2.24, 2.45) is 0 Å². The second kappa shape index (κ2) is 9.12. The molecule has 0 radical (unpaired) electrons. The molecular formula is C47H30O. The normalized spacial score (nSPS) is 13.8. The first-order valence-electron chi connectivity index (χ1n) is 16.8. The molecule has 0 unspecified atom stereocenters. The van der Waals surface area contributed by atoms with Gasteiger partial charge >= 0.3 is 0 Å². The van der Waals surface area contributed by atoms with Crippen molar-refractivity contribution in [1.29, 1.82) is 0 Å². The Labute approximate surface area is 278 Å². The molecule has 11 rings (SSSR count). The van der Waals surface area contributed by atoms with Gasteiger partial charge < -0.3 is 4.42 Å². The molecule has 9 aromatic carbocycles. The van der Waals surface area contributed by atoms with Crippen LogP contribution in [-0.2, 0) is 5.41 Å². The van der Waals surface area contributed by atoms with Crippen LogP contribution >= 0.6 is 0 Å². The summed E-state index contributed by atoms with van der Waals surface area (Å²) in [6.45, 7) is 4.78. The minimum atomic E-state index is -0.180. The molecule has 1 aliphatic rings. The Morgan fingerprint density at radius 2 is 1.06 bits per heavy atom. The molecule has 0 N–H and O–H groups in total. The fraction of sp³-hybridized carbons (Fsp3) is 0.0638. The van der Waals surface area contributed by atoms with Crippen molar-refractivity contribution in [3.63, 3.8) is 0 Å². The Balaban J connectivity index is 1.24. The van der Waals surface area contributed by atoms with Gasteiger partial charge in [-0.15, -0.1) is 0 Å². The lowest BCUT2D eigenvalue weighted by Gasteiger charge is -2.25. The highest BCUT2D eigenvalue weighted by atomic mass is 16.3. The Kier molecular flexibility index (Phi) is 4.97. The number of rotatable bonds is 2. The summed E-state index contributed by atoms with van der Waals surface area (Å²) < 4.78 is 6.64. The van der Waals surface area contributed by atoms with Gasteiger partial charge in [-0.3, -0.25) is 0 Å². The van der Waals surface area contributed by atoms with E-state index >= 15 is 0 Å². The highest BCUT2D eigenvalue weighted by Crippen LogP contribution is 2.57. The molecule has 1 nitrogen and oxygen atoms in total. The lowest BCUT2D eigenvalue weighted by molar-refractivity contribution is 0.658. The van der Waals surface area contributed by atoms with Gasteiger partial charge in [-0.25, -0.2) is 0 Å². The fourth-order valence-corrected chi connectivity index (χ4v) is 9.04. The van der Waals surface area contributed by atoms with Crippen LogP contribution in [0.2, 0.25) is 0 Å². The van der Waals surface area contributed by atoms with Gasteiger partial charge in [0.1, 0.15) is 11.2 Å². The monoisotopic (exact) mass is 610 g/mol.